The quantitative estimate of drug-likeness (QED) is 0.266. The van der Waals surface area contributed by atoms with Crippen molar-refractivity contribution in [2.45, 2.75) is 0 Å². The van der Waals surface area contributed by atoms with Crippen molar-refractivity contribution in [3.05, 3.63) is 152 Å². The van der Waals surface area contributed by atoms with Crippen LogP contribution in [0, 0.1) is 0 Å². The van der Waals surface area contributed by atoms with Gasteiger partial charge in [0.1, 0.15) is 0 Å². The van der Waals surface area contributed by atoms with Gasteiger partial charge in [0.2, 0.25) is 0 Å². The van der Waals surface area contributed by atoms with Gasteiger partial charge >= 0.3 is 0 Å². The van der Waals surface area contributed by atoms with Crippen LogP contribution in [0.4, 0.5) is 28.4 Å². The van der Waals surface area contributed by atoms with Crippen molar-refractivity contribution in [3.63, 3.8) is 0 Å². The van der Waals surface area contributed by atoms with Crippen molar-refractivity contribution in [3.8, 4) is 0 Å². The Balaban J connectivity index is 1.78. The Hall–Kier alpha value is -4.30. The molecule has 4 rings (SSSR count). The molecule has 0 heterocycles. The van der Waals surface area contributed by atoms with Gasteiger partial charge in [-0.15, -0.1) is 0 Å². The zero-order chi connectivity index (χ0) is 22.2. The molecule has 0 unspecified atom stereocenters. The molecule has 0 aliphatic carbocycles. The van der Waals surface area contributed by atoms with Gasteiger partial charge in [0, 0.05) is 34.1 Å². The van der Waals surface area contributed by atoms with E-state index >= 15 is 0 Å². The van der Waals surface area contributed by atoms with Gasteiger partial charge in [-0.05, 0) is 72.8 Å². The fourth-order valence-corrected chi connectivity index (χ4v) is 3.73. The highest BCUT2D eigenvalue weighted by atomic mass is 15.2. The summed E-state index contributed by atoms with van der Waals surface area (Å²) in [5, 5.41) is 0. The molecule has 0 fully saturated rings. The van der Waals surface area contributed by atoms with Crippen molar-refractivity contribution in [1.29, 1.82) is 0 Å². The summed E-state index contributed by atoms with van der Waals surface area (Å²) in [5.41, 5.74) is 6.40. The Morgan fingerprint density at radius 1 is 0.500 bits per heavy atom. The molecular weight excluding hydrogens is 388 g/mol. The second kappa shape index (κ2) is 10.1. The molecule has 4 aromatic rings. The standard InChI is InChI=1S/C30H26N2/c1-3-14-25(4-2)31(26-15-8-5-9-16-26)29-21-23-30(24-22-29)32(27-17-10-6-11-18-27)28-19-12-7-13-20-28/h3-24H,1-2H2. The summed E-state index contributed by atoms with van der Waals surface area (Å²) >= 11 is 0. The smallest absolute Gasteiger partial charge is 0.0463 e. The molecule has 0 spiro atoms. The molecule has 0 aliphatic rings. The highest BCUT2D eigenvalue weighted by Crippen LogP contribution is 2.37. The van der Waals surface area contributed by atoms with Crippen molar-refractivity contribution in [1.82, 2.24) is 0 Å². The van der Waals surface area contributed by atoms with Crippen LogP contribution in [0.5, 0.6) is 0 Å². The zero-order valence-corrected chi connectivity index (χ0v) is 18.0. The molecule has 4 aromatic carbocycles. The highest BCUT2D eigenvalue weighted by Gasteiger charge is 2.15. The van der Waals surface area contributed by atoms with E-state index in [1.165, 1.54) is 0 Å². The van der Waals surface area contributed by atoms with Crippen molar-refractivity contribution < 1.29 is 0 Å². The Morgan fingerprint density at radius 3 is 1.31 bits per heavy atom. The predicted octanol–water partition coefficient (Wildman–Crippen LogP) is 8.55. The summed E-state index contributed by atoms with van der Waals surface area (Å²) in [6.45, 7) is 7.88. The molecule has 0 saturated carbocycles. The molecule has 0 atom stereocenters. The van der Waals surface area contributed by atoms with Crippen molar-refractivity contribution in [2.75, 3.05) is 9.80 Å². The normalized spacial score (nSPS) is 10.9. The van der Waals surface area contributed by atoms with Crippen LogP contribution in [0.3, 0.4) is 0 Å². The third kappa shape index (κ3) is 4.55. The lowest BCUT2D eigenvalue weighted by molar-refractivity contribution is 1.20. The van der Waals surface area contributed by atoms with Crippen LogP contribution in [0.2, 0.25) is 0 Å². The fourth-order valence-electron chi connectivity index (χ4n) is 3.73. The zero-order valence-electron chi connectivity index (χ0n) is 18.0. The molecule has 0 amide bonds. The van der Waals surface area contributed by atoms with E-state index in [1.807, 2.05) is 42.5 Å². The van der Waals surface area contributed by atoms with Crippen LogP contribution in [0.1, 0.15) is 0 Å². The van der Waals surface area contributed by atoms with Crippen molar-refractivity contribution >= 4 is 28.4 Å². The first-order valence-corrected chi connectivity index (χ1v) is 10.6. The van der Waals surface area contributed by atoms with Gasteiger partial charge in [-0.2, -0.15) is 0 Å². The first-order chi connectivity index (χ1) is 15.8. The topological polar surface area (TPSA) is 6.48 Å². The Bertz CT molecular complexity index is 1140. The summed E-state index contributed by atoms with van der Waals surface area (Å²) in [5.74, 6) is 0. The van der Waals surface area contributed by atoms with Gasteiger partial charge in [0.15, 0.2) is 0 Å². The molecular formula is C30H26N2. The monoisotopic (exact) mass is 414 g/mol. The van der Waals surface area contributed by atoms with E-state index in [9.17, 15) is 0 Å². The summed E-state index contributed by atoms with van der Waals surface area (Å²) < 4.78 is 0. The van der Waals surface area contributed by atoms with Crippen LogP contribution in [-0.4, -0.2) is 0 Å². The number of benzene rings is 4. The lowest BCUT2D eigenvalue weighted by Gasteiger charge is -2.28. The molecule has 0 aromatic heterocycles. The Morgan fingerprint density at radius 2 is 0.875 bits per heavy atom. The van der Waals surface area contributed by atoms with E-state index in [2.05, 4.69) is 108 Å². The Labute approximate surface area is 190 Å². The minimum atomic E-state index is 0.960. The molecule has 156 valence electrons. The molecule has 0 radical (unpaired) electrons. The van der Waals surface area contributed by atoms with Gasteiger partial charge in [0.05, 0.1) is 0 Å². The summed E-state index contributed by atoms with van der Waals surface area (Å²) in [4.78, 5) is 4.43. The van der Waals surface area contributed by atoms with Crippen molar-refractivity contribution in [2.24, 2.45) is 0 Å². The second-order valence-corrected chi connectivity index (χ2v) is 7.23. The third-order valence-corrected chi connectivity index (χ3v) is 5.17. The van der Waals surface area contributed by atoms with E-state index in [-0.39, 0.29) is 0 Å². The average molecular weight is 415 g/mol. The number of allylic oxidation sites excluding steroid dienone is 3. The first-order valence-electron chi connectivity index (χ1n) is 10.6. The number of nitrogens with zero attached hydrogens (tertiary/aromatic N) is 2. The van der Waals surface area contributed by atoms with Crippen LogP contribution in [-0.2, 0) is 0 Å². The van der Waals surface area contributed by atoms with E-state index < -0.39 is 0 Å². The molecule has 2 nitrogen and oxygen atoms in total. The lowest BCUT2D eigenvalue weighted by Crippen LogP contribution is -2.15. The number of para-hydroxylation sites is 3. The van der Waals surface area contributed by atoms with Crippen LogP contribution < -0.4 is 9.80 Å². The maximum atomic E-state index is 4.01. The first kappa shape index (κ1) is 21.0. The number of anilines is 5. The van der Waals surface area contributed by atoms with Gasteiger partial charge in [-0.25, -0.2) is 0 Å². The van der Waals surface area contributed by atoms with Gasteiger partial charge in [-0.1, -0.05) is 73.8 Å². The number of rotatable bonds is 8. The highest BCUT2D eigenvalue weighted by molar-refractivity contribution is 5.79. The summed E-state index contributed by atoms with van der Waals surface area (Å²) in [6, 6.07) is 39.7. The van der Waals surface area contributed by atoms with Crippen LogP contribution >= 0.6 is 0 Å². The third-order valence-electron chi connectivity index (χ3n) is 5.17. The van der Waals surface area contributed by atoms with Crippen LogP contribution in [0.25, 0.3) is 0 Å². The molecule has 32 heavy (non-hydrogen) atoms. The molecule has 0 N–H and O–H groups in total. The van der Waals surface area contributed by atoms with Gasteiger partial charge in [0.25, 0.3) is 0 Å². The number of hydrogen-bond donors (Lipinski definition) is 0. The maximum Gasteiger partial charge on any atom is 0.0463 e. The molecule has 0 aliphatic heterocycles. The van der Waals surface area contributed by atoms with E-state index in [1.54, 1.807) is 6.08 Å². The van der Waals surface area contributed by atoms with E-state index in [0.717, 1.165) is 34.1 Å². The van der Waals surface area contributed by atoms with E-state index in [0.29, 0.717) is 0 Å². The fraction of sp³-hybridized carbons (Fsp3) is 0. The maximum absolute atomic E-state index is 4.01. The van der Waals surface area contributed by atoms with Crippen LogP contribution in [0.15, 0.2) is 152 Å². The summed E-state index contributed by atoms with van der Waals surface area (Å²) in [6.07, 6.45) is 5.60. The molecule has 2 heteroatoms. The number of hydrogen-bond acceptors (Lipinski definition) is 2. The molecule has 0 saturated heterocycles. The van der Waals surface area contributed by atoms with Gasteiger partial charge < -0.3 is 9.80 Å². The predicted molar refractivity (Wildman–Crippen MR) is 138 cm³/mol. The second-order valence-electron chi connectivity index (χ2n) is 7.23. The van der Waals surface area contributed by atoms with E-state index in [4.69, 9.17) is 0 Å². The SMILES string of the molecule is C=CC=C(C=C)N(c1ccccc1)c1ccc(N(c2ccccc2)c2ccccc2)cc1. The minimum absolute atomic E-state index is 0.960. The molecule has 0 bridgehead atoms. The lowest BCUT2D eigenvalue weighted by atomic mass is 10.1. The Kier molecular flexibility index (Phi) is 6.64. The summed E-state index contributed by atoms with van der Waals surface area (Å²) in [7, 11) is 0. The largest absolute Gasteiger partial charge is 0.311 e. The van der Waals surface area contributed by atoms with Gasteiger partial charge in [-0.3, -0.25) is 0 Å². The minimum Gasteiger partial charge on any atom is -0.311 e. The average Bonchev–Trinajstić information content (AvgIpc) is 2.87.